The number of rotatable bonds is 0. The van der Waals surface area contributed by atoms with Gasteiger partial charge in [-0.2, -0.15) is 0 Å². The van der Waals surface area contributed by atoms with Crippen LogP contribution in [-0.2, 0) is 0 Å². The summed E-state index contributed by atoms with van der Waals surface area (Å²) in [5.41, 5.74) is 5.47. The fourth-order valence-corrected chi connectivity index (χ4v) is 2.53. The summed E-state index contributed by atoms with van der Waals surface area (Å²) < 4.78 is 0. The average molecular weight is 239 g/mol. The molecule has 1 aliphatic heterocycles. The van der Waals surface area contributed by atoms with Crippen LogP contribution in [0, 0.1) is 0 Å². The zero-order valence-corrected chi connectivity index (χ0v) is 11.6. The monoisotopic (exact) mass is 239 g/mol. The van der Waals surface area contributed by atoms with Crippen molar-refractivity contribution >= 4 is 5.69 Å². The molecule has 2 aromatic rings. The molecular weight excluding hydrogens is 218 g/mol. The van der Waals surface area contributed by atoms with Crippen LogP contribution < -0.4 is 4.90 Å². The van der Waals surface area contributed by atoms with Gasteiger partial charge in [0.2, 0.25) is 0 Å². The molecule has 18 heavy (non-hydrogen) atoms. The lowest BCUT2D eigenvalue weighted by Crippen LogP contribution is -2.25. The normalized spacial score (nSPS) is 16.2. The predicted octanol–water partition coefficient (Wildman–Crippen LogP) is 4.89. The first kappa shape index (κ1) is 12.7. The molecule has 0 saturated heterocycles. The highest BCUT2D eigenvalue weighted by molar-refractivity contribution is 5.84. The van der Waals surface area contributed by atoms with Crippen LogP contribution in [0.5, 0.6) is 0 Å². The van der Waals surface area contributed by atoms with Gasteiger partial charge >= 0.3 is 0 Å². The molecule has 2 aromatic carbocycles. The van der Waals surface area contributed by atoms with Gasteiger partial charge in [0, 0.05) is 18.3 Å². The van der Waals surface area contributed by atoms with E-state index in [4.69, 9.17) is 0 Å². The molecule has 94 valence electrons. The Labute approximate surface area is 110 Å². The molecule has 0 N–H and O–H groups in total. The first-order chi connectivity index (χ1) is 8.79. The number of benzene rings is 2. The lowest BCUT2D eigenvalue weighted by molar-refractivity contribution is 0.732. The minimum Gasteiger partial charge on any atom is -0.367 e. The van der Waals surface area contributed by atoms with E-state index in [1.807, 2.05) is 13.8 Å². The zero-order chi connectivity index (χ0) is 13.1. The minimum absolute atomic E-state index is 0.450. The van der Waals surface area contributed by atoms with E-state index in [-0.39, 0.29) is 0 Å². The maximum atomic E-state index is 2.34. The van der Waals surface area contributed by atoms with E-state index >= 15 is 0 Å². The van der Waals surface area contributed by atoms with E-state index in [2.05, 4.69) is 67.4 Å². The van der Waals surface area contributed by atoms with Crippen LogP contribution in [0.4, 0.5) is 5.69 Å². The Morgan fingerprint density at radius 1 is 0.833 bits per heavy atom. The molecule has 0 aliphatic carbocycles. The standard InChI is InChI=1S/C15H15N.C2H6/c1-11-12-7-3-4-8-13(12)14-9-5-6-10-15(14)16(11)2;1-2/h3-11H,1-2H3;1-2H3. The molecule has 1 nitrogen and oxygen atoms in total. The third kappa shape index (κ3) is 1.90. The Bertz CT molecular complexity index is 481. The smallest absolute Gasteiger partial charge is 0.0517 e. The van der Waals surface area contributed by atoms with Gasteiger partial charge in [0.05, 0.1) is 6.04 Å². The van der Waals surface area contributed by atoms with Gasteiger partial charge < -0.3 is 4.90 Å². The molecule has 1 unspecified atom stereocenters. The summed E-state index contributed by atoms with van der Waals surface area (Å²) in [7, 11) is 2.17. The van der Waals surface area contributed by atoms with Crippen molar-refractivity contribution in [2.75, 3.05) is 11.9 Å². The van der Waals surface area contributed by atoms with E-state index in [0.717, 1.165) is 0 Å². The summed E-state index contributed by atoms with van der Waals surface area (Å²) in [5.74, 6) is 0. The lowest BCUT2D eigenvalue weighted by atomic mass is 9.89. The largest absolute Gasteiger partial charge is 0.367 e. The molecule has 3 rings (SSSR count). The SMILES string of the molecule is CC.CC1c2ccccc2-c2ccccc2N1C. The molecule has 0 aromatic heterocycles. The van der Waals surface area contributed by atoms with E-state index in [0.29, 0.717) is 6.04 Å². The maximum absolute atomic E-state index is 2.34. The zero-order valence-electron chi connectivity index (χ0n) is 11.6. The van der Waals surface area contributed by atoms with Crippen LogP contribution in [0.1, 0.15) is 32.4 Å². The minimum atomic E-state index is 0.450. The van der Waals surface area contributed by atoms with Crippen molar-refractivity contribution in [3.05, 3.63) is 54.1 Å². The third-order valence-electron chi connectivity index (χ3n) is 3.57. The number of para-hydroxylation sites is 1. The Morgan fingerprint density at radius 3 is 2.11 bits per heavy atom. The van der Waals surface area contributed by atoms with E-state index in [1.54, 1.807) is 0 Å². The third-order valence-corrected chi connectivity index (χ3v) is 3.57. The summed E-state index contributed by atoms with van der Waals surface area (Å²) in [5, 5.41) is 0. The number of hydrogen-bond acceptors (Lipinski definition) is 1. The first-order valence-corrected chi connectivity index (χ1v) is 6.70. The highest BCUT2D eigenvalue weighted by Crippen LogP contribution is 2.43. The fraction of sp³-hybridized carbons (Fsp3) is 0.294. The van der Waals surface area contributed by atoms with Crippen LogP contribution >= 0.6 is 0 Å². The summed E-state index contributed by atoms with van der Waals surface area (Å²) in [6.07, 6.45) is 0. The lowest BCUT2D eigenvalue weighted by Gasteiger charge is -2.35. The number of hydrogen-bond donors (Lipinski definition) is 0. The van der Waals surface area contributed by atoms with Crippen molar-refractivity contribution in [2.45, 2.75) is 26.8 Å². The van der Waals surface area contributed by atoms with Gasteiger partial charge in [-0.1, -0.05) is 56.3 Å². The number of nitrogens with zero attached hydrogens (tertiary/aromatic N) is 1. The van der Waals surface area contributed by atoms with Crippen LogP contribution in [0.15, 0.2) is 48.5 Å². The van der Waals surface area contributed by atoms with Crippen molar-refractivity contribution in [3.8, 4) is 11.1 Å². The van der Waals surface area contributed by atoms with E-state index < -0.39 is 0 Å². The molecule has 0 spiro atoms. The second kappa shape index (κ2) is 5.26. The van der Waals surface area contributed by atoms with E-state index in [1.165, 1.54) is 22.4 Å². The van der Waals surface area contributed by atoms with Crippen molar-refractivity contribution in [3.63, 3.8) is 0 Å². The molecule has 0 bridgehead atoms. The van der Waals surface area contributed by atoms with Crippen molar-refractivity contribution in [1.29, 1.82) is 0 Å². The molecule has 1 heterocycles. The molecular formula is C17H21N. The van der Waals surface area contributed by atoms with Gasteiger partial charge in [0.1, 0.15) is 0 Å². The quantitative estimate of drug-likeness (QED) is 0.632. The van der Waals surface area contributed by atoms with Gasteiger partial charge in [-0.3, -0.25) is 0 Å². The molecule has 0 saturated carbocycles. The molecule has 0 radical (unpaired) electrons. The Morgan fingerprint density at radius 2 is 1.39 bits per heavy atom. The van der Waals surface area contributed by atoms with Gasteiger partial charge in [-0.05, 0) is 24.1 Å². The molecule has 1 aliphatic rings. The summed E-state index contributed by atoms with van der Waals surface area (Å²) in [6.45, 7) is 6.26. The molecule has 0 amide bonds. The second-order valence-electron chi connectivity index (χ2n) is 4.39. The number of anilines is 1. The topological polar surface area (TPSA) is 3.24 Å². The molecule has 1 atom stereocenters. The maximum Gasteiger partial charge on any atom is 0.0517 e. The first-order valence-electron chi connectivity index (χ1n) is 6.70. The highest BCUT2D eigenvalue weighted by atomic mass is 15.1. The summed E-state index contributed by atoms with van der Waals surface area (Å²) >= 11 is 0. The van der Waals surface area contributed by atoms with Gasteiger partial charge in [-0.15, -0.1) is 0 Å². The number of fused-ring (bicyclic) bond motifs is 3. The van der Waals surface area contributed by atoms with Gasteiger partial charge in [-0.25, -0.2) is 0 Å². The van der Waals surface area contributed by atoms with Crippen molar-refractivity contribution in [1.82, 2.24) is 0 Å². The van der Waals surface area contributed by atoms with Crippen molar-refractivity contribution < 1.29 is 0 Å². The Kier molecular flexibility index (Phi) is 3.71. The summed E-state index contributed by atoms with van der Waals surface area (Å²) in [6, 6.07) is 17.8. The van der Waals surface area contributed by atoms with E-state index in [9.17, 15) is 0 Å². The fourth-order valence-electron chi connectivity index (χ4n) is 2.53. The van der Waals surface area contributed by atoms with Crippen LogP contribution in [-0.4, -0.2) is 7.05 Å². The Hall–Kier alpha value is -1.76. The predicted molar refractivity (Wildman–Crippen MR) is 80.0 cm³/mol. The second-order valence-corrected chi connectivity index (χ2v) is 4.39. The van der Waals surface area contributed by atoms with Crippen molar-refractivity contribution in [2.24, 2.45) is 0 Å². The summed E-state index contributed by atoms with van der Waals surface area (Å²) in [4.78, 5) is 2.34. The van der Waals surface area contributed by atoms with Gasteiger partial charge in [0.25, 0.3) is 0 Å². The molecule has 1 heteroatoms. The molecule has 0 fully saturated rings. The van der Waals surface area contributed by atoms with Gasteiger partial charge in [0.15, 0.2) is 0 Å². The van der Waals surface area contributed by atoms with Crippen LogP contribution in [0.3, 0.4) is 0 Å². The highest BCUT2D eigenvalue weighted by Gasteiger charge is 2.24. The van der Waals surface area contributed by atoms with Crippen LogP contribution in [0.2, 0.25) is 0 Å². The van der Waals surface area contributed by atoms with Crippen LogP contribution in [0.25, 0.3) is 11.1 Å². The average Bonchev–Trinajstić information content (AvgIpc) is 2.47. The Balaban J connectivity index is 0.000000574.